The highest BCUT2D eigenvalue weighted by Gasteiger charge is 2.10. The minimum Gasteiger partial charge on any atom is -0.453 e. The van der Waals surface area contributed by atoms with E-state index in [9.17, 15) is 4.39 Å². The van der Waals surface area contributed by atoms with Gasteiger partial charge in [-0.1, -0.05) is 6.07 Å². The van der Waals surface area contributed by atoms with Crippen molar-refractivity contribution in [2.24, 2.45) is 4.99 Å². The zero-order valence-corrected chi connectivity index (χ0v) is 17.4. The van der Waals surface area contributed by atoms with Crippen molar-refractivity contribution in [1.82, 2.24) is 20.5 Å². The summed E-state index contributed by atoms with van der Waals surface area (Å²) < 4.78 is 25.3. The lowest BCUT2D eigenvalue weighted by molar-refractivity contribution is 0.0376. The van der Waals surface area contributed by atoms with Crippen molar-refractivity contribution in [2.45, 2.75) is 19.9 Å². The van der Waals surface area contributed by atoms with Gasteiger partial charge in [0.25, 0.3) is 0 Å². The molecule has 2 heterocycles. The highest BCUT2D eigenvalue weighted by molar-refractivity contribution is 5.79. The summed E-state index contributed by atoms with van der Waals surface area (Å²) in [6.45, 7) is 8.68. The van der Waals surface area contributed by atoms with Crippen LogP contribution in [0.15, 0.2) is 47.7 Å². The number of nitrogens with one attached hydrogen (secondary N) is 2. The summed E-state index contributed by atoms with van der Waals surface area (Å²) in [4.78, 5) is 10.9. The van der Waals surface area contributed by atoms with Crippen LogP contribution in [0.25, 0.3) is 0 Å². The number of aromatic nitrogens is 1. The number of nitrogens with zero attached hydrogens (tertiary/aromatic N) is 3. The maximum atomic E-state index is 14.4. The fourth-order valence-corrected chi connectivity index (χ4v) is 3.11. The normalized spacial score (nSPS) is 15.1. The summed E-state index contributed by atoms with van der Waals surface area (Å²) in [5.41, 5.74) is 0.775. The van der Waals surface area contributed by atoms with Crippen molar-refractivity contribution >= 4 is 5.96 Å². The first-order valence-corrected chi connectivity index (χ1v) is 10.4. The molecule has 7 nitrogen and oxygen atoms in total. The van der Waals surface area contributed by atoms with Gasteiger partial charge in [-0.15, -0.1) is 0 Å². The third-order valence-corrected chi connectivity index (χ3v) is 4.67. The Morgan fingerprint density at radius 1 is 1.27 bits per heavy atom. The standard InChI is InChI=1S/C22H30FN5O2/c1-2-25-22(26-9-4-10-28-11-13-29-14-12-28)27-16-18-6-7-21(20(23)15-18)30-19-5-3-8-24-17-19/h3,5-8,15,17H,2,4,9-14,16H2,1H3,(H2,25,26,27). The van der Waals surface area contributed by atoms with E-state index >= 15 is 0 Å². The van der Waals surface area contributed by atoms with Gasteiger partial charge in [-0.25, -0.2) is 9.38 Å². The average Bonchev–Trinajstić information content (AvgIpc) is 2.78. The zero-order valence-electron chi connectivity index (χ0n) is 17.4. The Bertz CT molecular complexity index is 797. The largest absolute Gasteiger partial charge is 0.453 e. The van der Waals surface area contributed by atoms with Crippen LogP contribution in [0.1, 0.15) is 18.9 Å². The summed E-state index contributed by atoms with van der Waals surface area (Å²) in [5, 5.41) is 6.57. The summed E-state index contributed by atoms with van der Waals surface area (Å²) in [7, 11) is 0. The third-order valence-electron chi connectivity index (χ3n) is 4.67. The molecule has 0 unspecified atom stereocenters. The van der Waals surface area contributed by atoms with Crippen LogP contribution in [-0.4, -0.2) is 61.8 Å². The molecule has 1 aromatic heterocycles. The molecule has 0 spiro atoms. The van der Waals surface area contributed by atoms with Crippen LogP contribution < -0.4 is 15.4 Å². The van der Waals surface area contributed by atoms with Gasteiger partial charge in [-0.3, -0.25) is 9.88 Å². The number of aliphatic imine (C=N–C) groups is 1. The quantitative estimate of drug-likeness (QED) is 0.373. The lowest BCUT2D eigenvalue weighted by Crippen LogP contribution is -2.40. The molecule has 8 heteroatoms. The molecule has 2 aromatic rings. The number of benzene rings is 1. The zero-order chi connectivity index (χ0) is 21.0. The number of halogens is 1. The van der Waals surface area contributed by atoms with E-state index in [1.807, 2.05) is 13.0 Å². The predicted octanol–water partition coefficient (Wildman–Crippen LogP) is 2.79. The number of pyridine rings is 1. The Morgan fingerprint density at radius 3 is 2.87 bits per heavy atom. The summed E-state index contributed by atoms with van der Waals surface area (Å²) in [5.74, 6) is 0.979. The van der Waals surface area contributed by atoms with E-state index in [1.54, 1.807) is 30.6 Å². The van der Waals surface area contributed by atoms with Crippen LogP contribution >= 0.6 is 0 Å². The van der Waals surface area contributed by atoms with E-state index < -0.39 is 5.82 Å². The molecular formula is C22H30FN5O2. The molecule has 0 bridgehead atoms. The molecule has 30 heavy (non-hydrogen) atoms. The molecule has 0 atom stereocenters. The first-order valence-electron chi connectivity index (χ1n) is 10.4. The van der Waals surface area contributed by atoms with Gasteiger partial charge in [0.2, 0.25) is 0 Å². The number of ether oxygens (including phenoxy) is 2. The van der Waals surface area contributed by atoms with Gasteiger partial charge in [-0.05, 0) is 49.7 Å². The van der Waals surface area contributed by atoms with Crippen molar-refractivity contribution in [3.8, 4) is 11.5 Å². The second-order valence-corrected chi connectivity index (χ2v) is 6.99. The highest BCUT2D eigenvalue weighted by Crippen LogP contribution is 2.24. The molecule has 1 aliphatic rings. The molecule has 1 aromatic carbocycles. The van der Waals surface area contributed by atoms with Gasteiger partial charge in [-0.2, -0.15) is 0 Å². The Kier molecular flexibility index (Phi) is 8.86. The molecule has 0 saturated carbocycles. The first kappa shape index (κ1) is 22.0. The lowest BCUT2D eigenvalue weighted by Gasteiger charge is -2.26. The van der Waals surface area contributed by atoms with E-state index in [4.69, 9.17) is 9.47 Å². The molecule has 3 rings (SSSR count). The van der Waals surface area contributed by atoms with Crippen molar-refractivity contribution in [1.29, 1.82) is 0 Å². The molecule has 0 aliphatic carbocycles. The van der Waals surface area contributed by atoms with Gasteiger partial charge < -0.3 is 20.1 Å². The number of rotatable bonds is 9. The fraction of sp³-hybridized carbons (Fsp3) is 0.455. The van der Waals surface area contributed by atoms with Crippen LogP contribution in [0, 0.1) is 5.82 Å². The molecule has 0 amide bonds. The van der Waals surface area contributed by atoms with Gasteiger partial charge in [0.1, 0.15) is 5.75 Å². The van der Waals surface area contributed by atoms with E-state index in [1.165, 1.54) is 6.07 Å². The Hall–Kier alpha value is -2.71. The lowest BCUT2D eigenvalue weighted by atomic mass is 10.2. The minimum atomic E-state index is -0.421. The summed E-state index contributed by atoms with van der Waals surface area (Å²) in [6.07, 6.45) is 4.22. The van der Waals surface area contributed by atoms with Crippen molar-refractivity contribution < 1.29 is 13.9 Å². The van der Waals surface area contributed by atoms with Crippen molar-refractivity contribution in [3.05, 3.63) is 54.1 Å². The smallest absolute Gasteiger partial charge is 0.191 e. The molecule has 1 aliphatic heterocycles. The fourth-order valence-electron chi connectivity index (χ4n) is 3.11. The van der Waals surface area contributed by atoms with Gasteiger partial charge in [0.15, 0.2) is 17.5 Å². The van der Waals surface area contributed by atoms with E-state index in [2.05, 4.69) is 25.5 Å². The molecule has 162 valence electrons. The van der Waals surface area contributed by atoms with E-state index in [0.717, 1.165) is 63.9 Å². The third kappa shape index (κ3) is 7.27. The molecular weight excluding hydrogens is 385 g/mol. The Labute approximate surface area is 177 Å². The second-order valence-electron chi connectivity index (χ2n) is 6.99. The number of morpholine rings is 1. The molecule has 2 N–H and O–H groups in total. The first-order chi connectivity index (χ1) is 14.7. The van der Waals surface area contributed by atoms with Crippen molar-refractivity contribution in [3.63, 3.8) is 0 Å². The van der Waals surface area contributed by atoms with E-state index in [0.29, 0.717) is 12.3 Å². The highest BCUT2D eigenvalue weighted by atomic mass is 19.1. The van der Waals surface area contributed by atoms with Gasteiger partial charge in [0, 0.05) is 32.4 Å². The number of guanidine groups is 1. The van der Waals surface area contributed by atoms with Crippen LogP contribution in [0.5, 0.6) is 11.5 Å². The van der Waals surface area contributed by atoms with Crippen LogP contribution in [-0.2, 0) is 11.3 Å². The van der Waals surface area contributed by atoms with E-state index in [-0.39, 0.29) is 5.75 Å². The monoisotopic (exact) mass is 415 g/mol. The van der Waals surface area contributed by atoms with Crippen LogP contribution in [0.2, 0.25) is 0 Å². The SMILES string of the molecule is CCNC(=NCc1ccc(Oc2cccnc2)c(F)c1)NCCCN1CCOCC1. The second kappa shape index (κ2) is 12.1. The molecule has 0 radical (unpaired) electrons. The topological polar surface area (TPSA) is 71.0 Å². The maximum absolute atomic E-state index is 14.4. The Morgan fingerprint density at radius 2 is 2.13 bits per heavy atom. The van der Waals surface area contributed by atoms with Crippen LogP contribution in [0.4, 0.5) is 4.39 Å². The maximum Gasteiger partial charge on any atom is 0.191 e. The molecule has 1 fully saturated rings. The van der Waals surface area contributed by atoms with Crippen LogP contribution in [0.3, 0.4) is 0 Å². The summed E-state index contributed by atoms with van der Waals surface area (Å²) in [6, 6.07) is 8.37. The van der Waals surface area contributed by atoms with Gasteiger partial charge in [0.05, 0.1) is 26.0 Å². The van der Waals surface area contributed by atoms with Crippen molar-refractivity contribution in [2.75, 3.05) is 45.9 Å². The minimum absolute atomic E-state index is 0.170. The number of hydrogen-bond acceptors (Lipinski definition) is 5. The average molecular weight is 416 g/mol. The molecule has 1 saturated heterocycles. The van der Waals surface area contributed by atoms with Gasteiger partial charge >= 0.3 is 0 Å². The summed E-state index contributed by atoms with van der Waals surface area (Å²) >= 11 is 0. The Balaban J connectivity index is 1.49. The number of hydrogen-bond donors (Lipinski definition) is 2. The predicted molar refractivity (Wildman–Crippen MR) is 115 cm³/mol.